The molecule has 0 fully saturated rings. The van der Waals surface area contributed by atoms with Crippen LogP contribution in [0.2, 0.25) is 0 Å². The van der Waals surface area contributed by atoms with E-state index in [1.165, 1.54) is 203 Å². The van der Waals surface area contributed by atoms with Gasteiger partial charge in [-0.05, 0) is 64.2 Å². The average Bonchev–Trinajstić information content (AvgIpc) is 2.94. The second-order valence-electron chi connectivity index (χ2n) is 13.1. The molecule has 2 nitrogen and oxygen atoms in total. The van der Waals surface area contributed by atoms with Crippen molar-refractivity contribution in [3.05, 3.63) is 0 Å². The number of halogens is 2. The van der Waals surface area contributed by atoms with Gasteiger partial charge in [-0.25, -0.2) is 0 Å². The molecular formula is C36H78Br2N2. The van der Waals surface area contributed by atoms with Crippen LogP contribution in [-0.2, 0) is 0 Å². The second-order valence-corrected chi connectivity index (χ2v) is 13.1. The molecule has 0 aromatic rings. The van der Waals surface area contributed by atoms with Crippen molar-refractivity contribution in [2.45, 2.75) is 183 Å². The fourth-order valence-corrected chi connectivity index (χ4v) is 6.61. The van der Waals surface area contributed by atoms with Gasteiger partial charge in [0.05, 0.1) is 52.4 Å². The predicted molar refractivity (Wildman–Crippen MR) is 175 cm³/mol. The lowest BCUT2D eigenvalue weighted by atomic mass is 10.0. The number of nitrogens with zero attached hydrogens (tertiary/aromatic N) is 2. The van der Waals surface area contributed by atoms with Gasteiger partial charge in [0.1, 0.15) is 0 Å². The van der Waals surface area contributed by atoms with E-state index < -0.39 is 0 Å². The molecule has 0 aromatic heterocycles. The minimum atomic E-state index is 0. The van der Waals surface area contributed by atoms with E-state index in [4.69, 9.17) is 0 Å². The van der Waals surface area contributed by atoms with Gasteiger partial charge in [0.15, 0.2) is 0 Å². The van der Waals surface area contributed by atoms with Crippen molar-refractivity contribution in [1.82, 2.24) is 0 Å². The van der Waals surface area contributed by atoms with Crippen LogP contribution in [0.5, 0.6) is 0 Å². The molecule has 0 aliphatic rings. The highest BCUT2D eigenvalue weighted by molar-refractivity contribution is 4.54. The number of unbranched alkanes of at least 4 members (excludes halogenated alkanes) is 15. The molecule has 246 valence electrons. The Hall–Kier alpha value is 0.880. The van der Waals surface area contributed by atoms with Gasteiger partial charge in [0.2, 0.25) is 0 Å². The average molecular weight is 699 g/mol. The van der Waals surface area contributed by atoms with Crippen LogP contribution in [0, 0.1) is 0 Å². The summed E-state index contributed by atoms with van der Waals surface area (Å²) in [6.07, 6.45) is 31.4. The maximum absolute atomic E-state index is 2.37. The highest BCUT2D eigenvalue weighted by Crippen LogP contribution is 2.20. The molecule has 0 heterocycles. The largest absolute Gasteiger partial charge is 1.00 e. The Labute approximate surface area is 276 Å². The monoisotopic (exact) mass is 696 g/mol. The SMILES string of the molecule is CCCC[N+](CCCC)(CCCC)CCCCCCCCCCCC[N+](CCCC)(CCCC)CCCC.[Br-].[Br-]. The lowest BCUT2D eigenvalue weighted by Crippen LogP contribution is -3.00. The fourth-order valence-electron chi connectivity index (χ4n) is 6.61. The summed E-state index contributed by atoms with van der Waals surface area (Å²) in [6, 6.07) is 0. The summed E-state index contributed by atoms with van der Waals surface area (Å²) in [5.74, 6) is 0. The van der Waals surface area contributed by atoms with Gasteiger partial charge in [-0.15, -0.1) is 0 Å². The van der Waals surface area contributed by atoms with E-state index in [9.17, 15) is 0 Å². The van der Waals surface area contributed by atoms with E-state index in [-0.39, 0.29) is 34.0 Å². The number of hydrogen-bond acceptors (Lipinski definition) is 0. The van der Waals surface area contributed by atoms with E-state index >= 15 is 0 Å². The van der Waals surface area contributed by atoms with Crippen LogP contribution in [0.25, 0.3) is 0 Å². The van der Waals surface area contributed by atoms with Gasteiger partial charge in [0.25, 0.3) is 0 Å². The summed E-state index contributed by atoms with van der Waals surface area (Å²) in [4.78, 5) is 0. The van der Waals surface area contributed by atoms with Gasteiger partial charge in [-0.1, -0.05) is 119 Å². The summed E-state index contributed by atoms with van der Waals surface area (Å²) in [5.41, 5.74) is 0. The van der Waals surface area contributed by atoms with Crippen molar-refractivity contribution >= 4 is 0 Å². The Morgan fingerprint density at radius 2 is 0.375 bits per heavy atom. The lowest BCUT2D eigenvalue weighted by molar-refractivity contribution is -0.929. The topological polar surface area (TPSA) is 0 Å². The van der Waals surface area contributed by atoms with E-state index in [0.717, 1.165) is 0 Å². The Morgan fingerprint density at radius 3 is 0.550 bits per heavy atom. The van der Waals surface area contributed by atoms with Crippen molar-refractivity contribution < 1.29 is 42.9 Å². The minimum absolute atomic E-state index is 0. The van der Waals surface area contributed by atoms with Crippen LogP contribution in [-0.4, -0.2) is 61.3 Å². The number of hydrogen-bond donors (Lipinski definition) is 0. The van der Waals surface area contributed by atoms with Gasteiger partial charge in [0, 0.05) is 0 Å². The Kier molecular flexibility index (Phi) is 37.1. The molecule has 0 saturated carbocycles. The standard InChI is InChI=1S/C36H78N2.2BrH/c1-7-13-29-37(30-14-8-2,31-15-9-3)35-27-25-23-21-19-20-22-24-26-28-36-38(32-16-10-4,33-17-11-5)34-18-12-6;;/h7-36H2,1-6H3;2*1H/q+2;;/p-2. The molecule has 0 spiro atoms. The zero-order chi connectivity index (χ0) is 28.2. The molecule has 0 aliphatic heterocycles. The third-order valence-corrected chi connectivity index (χ3v) is 9.43. The molecule has 0 amide bonds. The first-order chi connectivity index (χ1) is 18.6. The molecule has 0 aromatic carbocycles. The zero-order valence-electron chi connectivity index (χ0n) is 28.9. The summed E-state index contributed by atoms with van der Waals surface area (Å²) in [7, 11) is 0. The minimum Gasteiger partial charge on any atom is -1.00 e. The molecule has 0 rings (SSSR count). The molecule has 4 heteroatoms. The molecule has 0 unspecified atom stereocenters. The third-order valence-electron chi connectivity index (χ3n) is 9.43. The van der Waals surface area contributed by atoms with Crippen molar-refractivity contribution in [2.24, 2.45) is 0 Å². The zero-order valence-corrected chi connectivity index (χ0v) is 32.0. The molecule has 40 heavy (non-hydrogen) atoms. The van der Waals surface area contributed by atoms with Crippen LogP contribution in [0.4, 0.5) is 0 Å². The molecule has 0 atom stereocenters. The van der Waals surface area contributed by atoms with Gasteiger partial charge in [-0.2, -0.15) is 0 Å². The molecule has 0 saturated heterocycles. The van der Waals surface area contributed by atoms with Crippen LogP contribution < -0.4 is 34.0 Å². The Morgan fingerprint density at radius 1 is 0.225 bits per heavy atom. The first-order valence-corrected chi connectivity index (χ1v) is 18.3. The van der Waals surface area contributed by atoms with E-state index in [0.29, 0.717) is 0 Å². The lowest BCUT2D eigenvalue weighted by Gasteiger charge is -2.39. The molecule has 0 N–H and O–H groups in total. The van der Waals surface area contributed by atoms with Crippen molar-refractivity contribution in [3.63, 3.8) is 0 Å². The molecule has 0 bridgehead atoms. The van der Waals surface area contributed by atoms with E-state index in [1.807, 2.05) is 0 Å². The second kappa shape index (κ2) is 32.8. The maximum atomic E-state index is 2.37. The Balaban J connectivity index is -0.00000684. The molecule has 0 radical (unpaired) electrons. The summed E-state index contributed by atoms with van der Waals surface area (Å²) in [5, 5.41) is 0. The first kappa shape index (κ1) is 45.3. The van der Waals surface area contributed by atoms with Gasteiger partial charge < -0.3 is 42.9 Å². The maximum Gasteiger partial charge on any atom is 0.0786 e. The van der Waals surface area contributed by atoms with Gasteiger partial charge in [-0.3, -0.25) is 0 Å². The smallest absolute Gasteiger partial charge is 0.0786 e. The van der Waals surface area contributed by atoms with Crippen molar-refractivity contribution in [3.8, 4) is 0 Å². The number of rotatable bonds is 31. The summed E-state index contributed by atoms with van der Waals surface area (Å²) >= 11 is 0. The predicted octanol–water partition coefficient (Wildman–Crippen LogP) is 5.33. The highest BCUT2D eigenvalue weighted by Gasteiger charge is 2.26. The highest BCUT2D eigenvalue weighted by atomic mass is 79.9. The fraction of sp³-hybridized carbons (Fsp3) is 1.00. The van der Waals surface area contributed by atoms with E-state index in [2.05, 4.69) is 41.5 Å². The van der Waals surface area contributed by atoms with Crippen LogP contribution in [0.1, 0.15) is 183 Å². The van der Waals surface area contributed by atoms with Crippen molar-refractivity contribution in [2.75, 3.05) is 52.4 Å². The molecular weight excluding hydrogens is 620 g/mol. The molecule has 0 aliphatic carbocycles. The summed E-state index contributed by atoms with van der Waals surface area (Å²) < 4.78 is 2.87. The van der Waals surface area contributed by atoms with Crippen molar-refractivity contribution in [1.29, 1.82) is 0 Å². The Bertz CT molecular complexity index is 386. The normalized spacial score (nSPS) is 11.8. The van der Waals surface area contributed by atoms with Crippen LogP contribution >= 0.6 is 0 Å². The first-order valence-electron chi connectivity index (χ1n) is 18.3. The van der Waals surface area contributed by atoms with Crippen LogP contribution in [0.3, 0.4) is 0 Å². The summed E-state index contributed by atoms with van der Waals surface area (Å²) in [6.45, 7) is 25.8. The van der Waals surface area contributed by atoms with Crippen LogP contribution in [0.15, 0.2) is 0 Å². The van der Waals surface area contributed by atoms with Gasteiger partial charge >= 0.3 is 0 Å². The quantitative estimate of drug-likeness (QED) is 0.0679. The van der Waals surface area contributed by atoms with E-state index in [1.54, 1.807) is 0 Å². The third kappa shape index (κ3) is 24.3. The number of quaternary nitrogens is 2.